The Bertz CT molecular complexity index is 245. The molecule has 1 N–H and O–H groups in total. The SMILES string of the molecule is C=CC(=N)CC(=C)C(CC)CC#N. The van der Waals surface area contributed by atoms with E-state index < -0.39 is 0 Å². The van der Waals surface area contributed by atoms with Crippen LogP contribution in [-0.4, -0.2) is 5.71 Å². The monoisotopic (exact) mass is 176 g/mol. The van der Waals surface area contributed by atoms with E-state index in [2.05, 4.69) is 19.2 Å². The van der Waals surface area contributed by atoms with E-state index in [1.54, 1.807) is 0 Å². The van der Waals surface area contributed by atoms with Gasteiger partial charge in [0.05, 0.1) is 6.07 Å². The second-order valence-electron chi connectivity index (χ2n) is 3.03. The summed E-state index contributed by atoms with van der Waals surface area (Å²) >= 11 is 0. The lowest BCUT2D eigenvalue weighted by atomic mass is 9.91. The summed E-state index contributed by atoms with van der Waals surface area (Å²) in [4.78, 5) is 0. The van der Waals surface area contributed by atoms with Gasteiger partial charge in [0.2, 0.25) is 0 Å². The Morgan fingerprint density at radius 3 is 2.69 bits per heavy atom. The van der Waals surface area contributed by atoms with Crippen molar-refractivity contribution < 1.29 is 0 Å². The highest BCUT2D eigenvalue weighted by Gasteiger charge is 2.10. The third-order valence-corrected chi connectivity index (χ3v) is 2.07. The summed E-state index contributed by atoms with van der Waals surface area (Å²) in [5.74, 6) is 0.227. The van der Waals surface area contributed by atoms with Crippen molar-refractivity contribution in [2.75, 3.05) is 0 Å². The summed E-state index contributed by atoms with van der Waals surface area (Å²) < 4.78 is 0. The molecule has 0 aliphatic heterocycles. The molecule has 0 saturated carbocycles. The second-order valence-corrected chi connectivity index (χ2v) is 3.03. The highest BCUT2D eigenvalue weighted by Crippen LogP contribution is 2.20. The van der Waals surface area contributed by atoms with Crippen molar-refractivity contribution in [2.45, 2.75) is 26.2 Å². The fourth-order valence-electron chi connectivity index (χ4n) is 1.15. The van der Waals surface area contributed by atoms with Crippen LogP contribution in [0.15, 0.2) is 24.8 Å². The van der Waals surface area contributed by atoms with Gasteiger partial charge in [-0.2, -0.15) is 5.26 Å². The van der Waals surface area contributed by atoms with Gasteiger partial charge in [-0.05, 0) is 18.4 Å². The number of hydrogen-bond donors (Lipinski definition) is 1. The predicted molar refractivity (Wildman–Crippen MR) is 55.7 cm³/mol. The smallest absolute Gasteiger partial charge is 0.0628 e. The van der Waals surface area contributed by atoms with E-state index in [9.17, 15) is 0 Å². The molecule has 0 fully saturated rings. The number of nitrogens with zero attached hydrogens (tertiary/aromatic N) is 1. The molecule has 0 aromatic heterocycles. The van der Waals surface area contributed by atoms with Crippen molar-refractivity contribution in [1.82, 2.24) is 0 Å². The summed E-state index contributed by atoms with van der Waals surface area (Å²) in [6.45, 7) is 9.44. The maximum Gasteiger partial charge on any atom is 0.0628 e. The first-order valence-electron chi connectivity index (χ1n) is 4.40. The molecule has 0 radical (unpaired) electrons. The minimum atomic E-state index is 0.227. The molecule has 2 nitrogen and oxygen atoms in total. The zero-order valence-electron chi connectivity index (χ0n) is 8.14. The Labute approximate surface area is 80.1 Å². The summed E-state index contributed by atoms with van der Waals surface area (Å²) in [7, 11) is 0. The van der Waals surface area contributed by atoms with Gasteiger partial charge >= 0.3 is 0 Å². The van der Waals surface area contributed by atoms with Crippen molar-refractivity contribution in [3.63, 3.8) is 0 Å². The first-order valence-corrected chi connectivity index (χ1v) is 4.40. The quantitative estimate of drug-likeness (QED) is 0.490. The Hall–Kier alpha value is -1.36. The lowest BCUT2D eigenvalue weighted by Crippen LogP contribution is -2.05. The number of rotatable bonds is 6. The Balaban J connectivity index is 4.14. The second kappa shape index (κ2) is 6.19. The average Bonchev–Trinajstić information content (AvgIpc) is 2.13. The Morgan fingerprint density at radius 2 is 2.31 bits per heavy atom. The molecule has 0 saturated heterocycles. The summed E-state index contributed by atoms with van der Waals surface area (Å²) in [6, 6.07) is 2.13. The molecule has 0 amide bonds. The molecular formula is C11H16N2. The van der Waals surface area contributed by atoms with Crippen LogP contribution in [0.2, 0.25) is 0 Å². The fourth-order valence-corrected chi connectivity index (χ4v) is 1.15. The molecule has 1 unspecified atom stereocenters. The number of allylic oxidation sites excluding steroid dienone is 2. The molecule has 0 rings (SSSR count). The summed E-state index contributed by atoms with van der Waals surface area (Å²) in [5, 5.41) is 15.9. The normalized spacial score (nSPS) is 11.4. The van der Waals surface area contributed by atoms with Crippen molar-refractivity contribution in [3.05, 3.63) is 24.8 Å². The highest BCUT2D eigenvalue weighted by molar-refractivity contribution is 5.93. The maximum atomic E-state index is 8.54. The number of nitriles is 1. The molecule has 1 atom stereocenters. The average molecular weight is 176 g/mol. The summed E-state index contributed by atoms with van der Waals surface area (Å²) in [5.41, 5.74) is 1.44. The van der Waals surface area contributed by atoms with Gasteiger partial charge in [-0.15, -0.1) is 0 Å². The predicted octanol–water partition coefficient (Wildman–Crippen LogP) is 3.08. The van der Waals surface area contributed by atoms with Crippen LogP contribution in [0.4, 0.5) is 0 Å². The van der Waals surface area contributed by atoms with Crippen molar-refractivity contribution >= 4 is 5.71 Å². The van der Waals surface area contributed by atoms with Gasteiger partial charge < -0.3 is 5.41 Å². The van der Waals surface area contributed by atoms with Crippen LogP contribution in [0.3, 0.4) is 0 Å². The zero-order chi connectivity index (χ0) is 10.3. The minimum absolute atomic E-state index is 0.227. The first kappa shape index (κ1) is 11.6. The minimum Gasteiger partial charge on any atom is -0.305 e. The van der Waals surface area contributed by atoms with Crippen LogP contribution in [-0.2, 0) is 0 Å². The third kappa shape index (κ3) is 4.27. The van der Waals surface area contributed by atoms with Crippen LogP contribution >= 0.6 is 0 Å². The molecule has 0 spiro atoms. The lowest BCUT2D eigenvalue weighted by molar-refractivity contribution is 0.601. The molecule has 0 heterocycles. The number of nitrogens with one attached hydrogen (secondary N) is 1. The molecule has 2 heteroatoms. The molecule has 0 aliphatic carbocycles. The highest BCUT2D eigenvalue weighted by atomic mass is 14.4. The van der Waals surface area contributed by atoms with Crippen molar-refractivity contribution in [1.29, 1.82) is 10.7 Å². The van der Waals surface area contributed by atoms with E-state index in [4.69, 9.17) is 10.7 Å². The van der Waals surface area contributed by atoms with Gasteiger partial charge in [-0.1, -0.05) is 25.7 Å². The molecule has 0 bridgehead atoms. The molecule has 70 valence electrons. The largest absolute Gasteiger partial charge is 0.305 e. The number of hydrogen-bond acceptors (Lipinski definition) is 2. The van der Waals surface area contributed by atoms with Gasteiger partial charge in [0.1, 0.15) is 0 Å². The zero-order valence-corrected chi connectivity index (χ0v) is 8.14. The van der Waals surface area contributed by atoms with Crippen LogP contribution < -0.4 is 0 Å². The first-order chi connectivity index (χ1) is 6.15. The topological polar surface area (TPSA) is 47.6 Å². The maximum absolute atomic E-state index is 8.54. The molecular weight excluding hydrogens is 160 g/mol. The van der Waals surface area contributed by atoms with Crippen LogP contribution in [0, 0.1) is 22.7 Å². The van der Waals surface area contributed by atoms with Gasteiger partial charge in [0, 0.05) is 18.6 Å². The Kier molecular flexibility index (Phi) is 5.54. The summed E-state index contributed by atoms with van der Waals surface area (Å²) in [6.07, 6.45) is 3.48. The molecule has 13 heavy (non-hydrogen) atoms. The van der Waals surface area contributed by atoms with E-state index in [0.717, 1.165) is 12.0 Å². The van der Waals surface area contributed by atoms with E-state index >= 15 is 0 Å². The third-order valence-electron chi connectivity index (χ3n) is 2.07. The Morgan fingerprint density at radius 1 is 1.69 bits per heavy atom. The lowest BCUT2D eigenvalue weighted by Gasteiger charge is -2.13. The van der Waals surface area contributed by atoms with E-state index in [-0.39, 0.29) is 5.92 Å². The van der Waals surface area contributed by atoms with E-state index in [1.807, 2.05) is 6.92 Å². The van der Waals surface area contributed by atoms with Gasteiger partial charge in [0.25, 0.3) is 0 Å². The van der Waals surface area contributed by atoms with Crippen LogP contribution in [0.25, 0.3) is 0 Å². The molecule has 0 aromatic carbocycles. The van der Waals surface area contributed by atoms with E-state index in [1.165, 1.54) is 6.08 Å². The van der Waals surface area contributed by atoms with Gasteiger partial charge in [0.15, 0.2) is 0 Å². The molecule has 0 aromatic rings. The van der Waals surface area contributed by atoms with Gasteiger partial charge in [-0.3, -0.25) is 0 Å². The van der Waals surface area contributed by atoms with Crippen molar-refractivity contribution in [2.24, 2.45) is 5.92 Å². The van der Waals surface area contributed by atoms with Gasteiger partial charge in [-0.25, -0.2) is 0 Å². The van der Waals surface area contributed by atoms with Crippen molar-refractivity contribution in [3.8, 4) is 6.07 Å². The van der Waals surface area contributed by atoms with Crippen LogP contribution in [0.1, 0.15) is 26.2 Å². The molecule has 0 aliphatic rings. The van der Waals surface area contributed by atoms with E-state index in [0.29, 0.717) is 18.6 Å². The van der Waals surface area contributed by atoms with Crippen LogP contribution in [0.5, 0.6) is 0 Å². The standard InChI is InChI=1S/C11H16N2/c1-4-10(6-7-12)9(3)8-11(13)5-2/h5,10,13H,2-4,6,8H2,1H3. The fraction of sp³-hybridized carbons (Fsp3) is 0.455.